The third-order valence-corrected chi connectivity index (χ3v) is 6.55. The van der Waals surface area contributed by atoms with E-state index < -0.39 is 0 Å². The van der Waals surface area contributed by atoms with Crippen molar-refractivity contribution in [3.8, 4) is 11.5 Å². The molecule has 1 aromatic heterocycles. The minimum atomic E-state index is -0.139. The van der Waals surface area contributed by atoms with Crippen LogP contribution in [0.3, 0.4) is 0 Å². The van der Waals surface area contributed by atoms with E-state index in [0.717, 1.165) is 24.0 Å². The van der Waals surface area contributed by atoms with Crippen LogP contribution >= 0.6 is 11.6 Å². The van der Waals surface area contributed by atoms with E-state index >= 15 is 0 Å². The molecule has 3 aromatic rings. The summed E-state index contributed by atoms with van der Waals surface area (Å²) in [6.45, 7) is 10.1. The number of aromatic nitrogens is 1. The van der Waals surface area contributed by atoms with E-state index in [1.54, 1.807) is 0 Å². The Morgan fingerprint density at radius 1 is 1.09 bits per heavy atom. The average Bonchev–Trinajstić information content (AvgIpc) is 3.16. The predicted octanol–water partition coefficient (Wildman–Crippen LogP) is 5.74. The maximum Gasteiger partial charge on any atom is 0.227 e. The van der Waals surface area contributed by atoms with Gasteiger partial charge in [-0.1, -0.05) is 44.5 Å². The Hall–Kier alpha value is -2.70. The number of fused-ring (bicyclic) bond motifs is 2. The van der Waals surface area contributed by atoms with Crippen LogP contribution in [0.2, 0.25) is 5.02 Å². The Morgan fingerprint density at radius 3 is 2.69 bits per heavy atom. The van der Waals surface area contributed by atoms with Crippen LogP contribution in [-0.4, -0.2) is 54.0 Å². The third-order valence-electron chi connectivity index (χ3n) is 6.27. The molecular formula is C28H36ClN3O3. The van der Waals surface area contributed by atoms with E-state index in [0.29, 0.717) is 55.3 Å². The summed E-state index contributed by atoms with van der Waals surface area (Å²) in [6, 6.07) is 12.3. The van der Waals surface area contributed by atoms with Crippen LogP contribution in [-0.2, 0) is 17.9 Å². The summed E-state index contributed by atoms with van der Waals surface area (Å²) < 4.78 is 11.6. The van der Waals surface area contributed by atoms with Crippen LogP contribution in [0, 0.1) is 11.8 Å². The molecule has 0 radical (unpaired) electrons. The first-order chi connectivity index (χ1) is 16.8. The minimum absolute atomic E-state index is 0.139. The Labute approximate surface area is 213 Å². The molecule has 1 atom stereocenters. The standard InChI is InChI=1S/C28H36ClN3O3/c1-19(2)15-32(17-21-13-24(29)27-26(14-21)34-11-6-12-35-27)28(33)20(3)16-31(4)18-22-7-5-8-25-23(22)9-10-30-25/h5,7-10,13-14,19-20,30H,6,11-12,15-18H2,1-4H3. The number of benzene rings is 2. The lowest BCUT2D eigenvalue weighted by molar-refractivity contribution is -0.136. The first-order valence-corrected chi connectivity index (χ1v) is 12.8. The van der Waals surface area contributed by atoms with Gasteiger partial charge in [-0.3, -0.25) is 4.79 Å². The van der Waals surface area contributed by atoms with Crippen molar-refractivity contribution >= 4 is 28.4 Å². The molecule has 7 heteroatoms. The zero-order valence-corrected chi connectivity index (χ0v) is 21.9. The van der Waals surface area contributed by atoms with Crippen LogP contribution in [0.15, 0.2) is 42.6 Å². The summed E-state index contributed by atoms with van der Waals surface area (Å²) >= 11 is 6.51. The molecule has 1 amide bonds. The second kappa shape index (κ2) is 11.4. The molecule has 2 aromatic carbocycles. The summed E-state index contributed by atoms with van der Waals surface area (Å²) in [6.07, 6.45) is 2.79. The fourth-order valence-corrected chi connectivity index (χ4v) is 5.06. The minimum Gasteiger partial charge on any atom is -0.489 e. The van der Waals surface area contributed by atoms with Gasteiger partial charge in [-0.15, -0.1) is 0 Å². The van der Waals surface area contributed by atoms with Crippen LogP contribution in [0.4, 0.5) is 0 Å². The molecule has 4 rings (SSSR count). The average molecular weight is 498 g/mol. The zero-order chi connectivity index (χ0) is 24.9. The van der Waals surface area contributed by atoms with Gasteiger partial charge in [0.05, 0.1) is 18.2 Å². The van der Waals surface area contributed by atoms with Crippen molar-refractivity contribution in [3.05, 3.63) is 58.7 Å². The van der Waals surface area contributed by atoms with Crippen LogP contribution < -0.4 is 9.47 Å². The fourth-order valence-electron chi connectivity index (χ4n) is 4.77. The van der Waals surface area contributed by atoms with E-state index in [4.69, 9.17) is 21.1 Å². The number of halogens is 1. The maximum absolute atomic E-state index is 13.6. The van der Waals surface area contributed by atoms with Crippen LogP contribution in [0.25, 0.3) is 10.9 Å². The van der Waals surface area contributed by atoms with Crippen molar-refractivity contribution in [2.45, 2.75) is 40.3 Å². The molecule has 1 aliphatic rings. The lowest BCUT2D eigenvalue weighted by Crippen LogP contribution is -2.40. The molecule has 0 aliphatic carbocycles. The van der Waals surface area contributed by atoms with Gasteiger partial charge in [-0.05, 0) is 48.4 Å². The Bertz CT molecular complexity index is 1160. The summed E-state index contributed by atoms with van der Waals surface area (Å²) in [5, 5.41) is 1.76. The topological polar surface area (TPSA) is 57.8 Å². The Morgan fingerprint density at radius 2 is 1.89 bits per heavy atom. The van der Waals surface area contributed by atoms with Crippen molar-refractivity contribution in [3.63, 3.8) is 0 Å². The van der Waals surface area contributed by atoms with Gasteiger partial charge < -0.3 is 24.3 Å². The number of hydrogen-bond donors (Lipinski definition) is 1. The van der Waals surface area contributed by atoms with Gasteiger partial charge in [0, 0.05) is 55.6 Å². The molecule has 2 heterocycles. The highest BCUT2D eigenvalue weighted by Gasteiger charge is 2.24. The molecule has 0 fully saturated rings. The van der Waals surface area contributed by atoms with Gasteiger partial charge >= 0.3 is 0 Å². The number of nitrogens with zero attached hydrogens (tertiary/aromatic N) is 2. The molecule has 0 spiro atoms. The lowest BCUT2D eigenvalue weighted by atomic mass is 10.1. The number of aromatic amines is 1. The molecule has 1 N–H and O–H groups in total. The quantitative estimate of drug-likeness (QED) is 0.410. The largest absolute Gasteiger partial charge is 0.489 e. The summed E-state index contributed by atoms with van der Waals surface area (Å²) in [5.74, 6) is 1.62. The Balaban J connectivity index is 1.45. The first kappa shape index (κ1) is 25.4. The number of H-pyrrole nitrogens is 1. The summed E-state index contributed by atoms with van der Waals surface area (Å²) in [7, 11) is 2.08. The monoisotopic (exact) mass is 497 g/mol. The second-order valence-corrected chi connectivity index (χ2v) is 10.4. The van der Waals surface area contributed by atoms with Crippen molar-refractivity contribution in [2.24, 2.45) is 11.8 Å². The number of hydrogen-bond acceptors (Lipinski definition) is 4. The molecule has 1 unspecified atom stereocenters. The highest BCUT2D eigenvalue weighted by Crippen LogP contribution is 2.38. The number of ether oxygens (including phenoxy) is 2. The van der Waals surface area contributed by atoms with Gasteiger partial charge in [-0.25, -0.2) is 0 Å². The fraction of sp³-hybridized carbons (Fsp3) is 0.464. The maximum atomic E-state index is 13.6. The number of carbonyl (C=O) groups excluding carboxylic acids is 1. The zero-order valence-electron chi connectivity index (χ0n) is 21.1. The second-order valence-electron chi connectivity index (χ2n) is 10.0. The van der Waals surface area contributed by atoms with E-state index in [1.807, 2.05) is 30.2 Å². The molecule has 1 aliphatic heterocycles. The van der Waals surface area contributed by atoms with Gasteiger partial charge in [-0.2, -0.15) is 0 Å². The van der Waals surface area contributed by atoms with Gasteiger partial charge in [0.15, 0.2) is 11.5 Å². The van der Waals surface area contributed by atoms with E-state index in [2.05, 4.69) is 55.0 Å². The summed E-state index contributed by atoms with van der Waals surface area (Å²) in [4.78, 5) is 21.0. The van der Waals surface area contributed by atoms with E-state index in [9.17, 15) is 4.79 Å². The van der Waals surface area contributed by atoms with Crippen LogP contribution in [0.5, 0.6) is 11.5 Å². The lowest BCUT2D eigenvalue weighted by Gasteiger charge is -2.30. The first-order valence-electron chi connectivity index (χ1n) is 12.4. The van der Waals surface area contributed by atoms with E-state index in [1.165, 1.54) is 10.9 Å². The molecule has 188 valence electrons. The molecule has 35 heavy (non-hydrogen) atoms. The number of carbonyl (C=O) groups is 1. The van der Waals surface area contributed by atoms with Crippen molar-refractivity contribution < 1.29 is 14.3 Å². The van der Waals surface area contributed by atoms with Crippen molar-refractivity contribution in [2.75, 3.05) is 33.4 Å². The molecule has 6 nitrogen and oxygen atoms in total. The van der Waals surface area contributed by atoms with Gasteiger partial charge in [0.1, 0.15) is 0 Å². The smallest absolute Gasteiger partial charge is 0.227 e. The number of rotatable bonds is 9. The SMILES string of the molecule is CC(C)CN(Cc1cc(Cl)c2c(c1)OCCCO2)C(=O)C(C)CN(C)Cc1cccc2[nH]ccc12. The highest BCUT2D eigenvalue weighted by atomic mass is 35.5. The number of amides is 1. The van der Waals surface area contributed by atoms with Gasteiger partial charge in [0.25, 0.3) is 0 Å². The Kier molecular flexibility index (Phi) is 8.24. The van der Waals surface area contributed by atoms with Crippen LogP contribution in [0.1, 0.15) is 38.3 Å². The molecular weight excluding hydrogens is 462 g/mol. The van der Waals surface area contributed by atoms with Gasteiger partial charge in [0.2, 0.25) is 5.91 Å². The third kappa shape index (κ3) is 6.30. The van der Waals surface area contributed by atoms with E-state index in [-0.39, 0.29) is 11.8 Å². The molecule has 0 bridgehead atoms. The van der Waals surface area contributed by atoms with Crippen molar-refractivity contribution in [1.82, 2.24) is 14.8 Å². The highest BCUT2D eigenvalue weighted by molar-refractivity contribution is 6.32. The van der Waals surface area contributed by atoms with Crippen molar-refractivity contribution in [1.29, 1.82) is 0 Å². The predicted molar refractivity (Wildman–Crippen MR) is 141 cm³/mol. The number of nitrogens with one attached hydrogen (secondary N) is 1. The normalized spacial score (nSPS) is 14.4. The summed E-state index contributed by atoms with van der Waals surface area (Å²) in [5.41, 5.74) is 3.34. The molecule has 0 saturated carbocycles. The molecule has 0 saturated heterocycles.